The molecule has 11 heavy (non-hydrogen) atoms. The van der Waals surface area contributed by atoms with Crippen molar-refractivity contribution in [2.24, 2.45) is 5.16 Å². The van der Waals surface area contributed by atoms with Crippen LogP contribution in [0.3, 0.4) is 0 Å². The SMILES string of the molecule is FC(F)(F)CON=C1CCC1. The summed E-state index contributed by atoms with van der Waals surface area (Å²) in [5, 5.41) is 3.31. The molecule has 2 nitrogen and oxygen atoms in total. The Labute approximate surface area is 62.0 Å². The second-order valence-corrected chi connectivity index (χ2v) is 2.40. The van der Waals surface area contributed by atoms with Crippen LogP contribution < -0.4 is 0 Å². The maximum absolute atomic E-state index is 11.4. The largest absolute Gasteiger partial charge is 0.425 e. The van der Waals surface area contributed by atoms with Gasteiger partial charge in [0.05, 0.1) is 5.71 Å². The van der Waals surface area contributed by atoms with Crippen LogP contribution in [0.1, 0.15) is 19.3 Å². The van der Waals surface area contributed by atoms with E-state index < -0.39 is 12.8 Å². The monoisotopic (exact) mass is 167 g/mol. The van der Waals surface area contributed by atoms with Crippen LogP contribution in [0.4, 0.5) is 13.2 Å². The minimum atomic E-state index is -4.27. The van der Waals surface area contributed by atoms with E-state index in [-0.39, 0.29) is 0 Å². The molecule has 1 saturated carbocycles. The van der Waals surface area contributed by atoms with Gasteiger partial charge in [-0.3, -0.25) is 0 Å². The predicted molar refractivity (Wildman–Crippen MR) is 33.3 cm³/mol. The Hall–Kier alpha value is -0.740. The maximum Gasteiger partial charge on any atom is 0.425 e. The summed E-state index contributed by atoms with van der Waals surface area (Å²) in [6, 6.07) is 0. The summed E-state index contributed by atoms with van der Waals surface area (Å²) in [5.74, 6) is 0. The molecule has 0 unspecified atom stereocenters. The third-order valence-electron chi connectivity index (χ3n) is 1.35. The molecule has 1 fully saturated rings. The molecule has 1 aliphatic rings. The number of oxime groups is 1. The maximum atomic E-state index is 11.4. The lowest BCUT2D eigenvalue weighted by Crippen LogP contribution is -2.17. The van der Waals surface area contributed by atoms with Crippen molar-refractivity contribution in [2.45, 2.75) is 25.4 Å². The summed E-state index contributed by atoms with van der Waals surface area (Å²) in [4.78, 5) is 4.06. The van der Waals surface area contributed by atoms with E-state index in [0.29, 0.717) is 0 Å². The Morgan fingerprint density at radius 2 is 2.00 bits per heavy atom. The molecule has 0 N–H and O–H groups in total. The molecule has 5 heteroatoms. The van der Waals surface area contributed by atoms with Gasteiger partial charge in [0.2, 0.25) is 6.61 Å². The molecule has 64 valence electrons. The number of halogens is 3. The standard InChI is InChI=1S/C6H8F3NO/c7-6(8,9)4-11-10-5-2-1-3-5/h1-4H2. The van der Waals surface area contributed by atoms with Crippen molar-refractivity contribution in [3.63, 3.8) is 0 Å². The quantitative estimate of drug-likeness (QED) is 0.577. The Bertz CT molecular complexity index is 158. The van der Waals surface area contributed by atoms with Crippen molar-refractivity contribution >= 4 is 5.71 Å². The van der Waals surface area contributed by atoms with Gasteiger partial charge in [-0.25, -0.2) is 0 Å². The molecule has 1 aliphatic carbocycles. The summed E-state index contributed by atoms with van der Waals surface area (Å²) < 4.78 is 34.3. The van der Waals surface area contributed by atoms with Gasteiger partial charge < -0.3 is 4.84 Å². The van der Waals surface area contributed by atoms with E-state index in [0.717, 1.165) is 25.0 Å². The zero-order valence-electron chi connectivity index (χ0n) is 5.82. The highest BCUT2D eigenvalue weighted by atomic mass is 19.4. The van der Waals surface area contributed by atoms with Gasteiger partial charge in [0.1, 0.15) is 0 Å². The first kappa shape index (κ1) is 8.36. The predicted octanol–water partition coefficient (Wildman–Crippen LogP) is 2.11. The van der Waals surface area contributed by atoms with Gasteiger partial charge in [0.25, 0.3) is 0 Å². The van der Waals surface area contributed by atoms with Crippen LogP contribution in [0, 0.1) is 0 Å². The average molecular weight is 167 g/mol. The Morgan fingerprint density at radius 3 is 2.36 bits per heavy atom. The van der Waals surface area contributed by atoms with E-state index in [1.807, 2.05) is 0 Å². The molecule has 1 rings (SSSR count). The molecule has 0 aromatic carbocycles. The zero-order valence-corrected chi connectivity index (χ0v) is 5.82. The van der Waals surface area contributed by atoms with Gasteiger partial charge in [-0.1, -0.05) is 5.16 Å². The second-order valence-electron chi connectivity index (χ2n) is 2.40. The van der Waals surface area contributed by atoms with E-state index in [4.69, 9.17) is 0 Å². The van der Waals surface area contributed by atoms with Gasteiger partial charge >= 0.3 is 6.18 Å². The number of nitrogens with zero attached hydrogens (tertiary/aromatic N) is 1. The van der Waals surface area contributed by atoms with Gasteiger partial charge in [-0.05, 0) is 19.3 Å². The van der Waals surface area contributed by atoms with Crippen molar-refractivity contribution in [2.75, 3.05) is 6.61 Å². The molecule has 0 radical (unpaired) electrons. The number of hydrogen-bond acceptors (Lipinski definition) is 2. The summed E-state index contributed by atoms with van der Waals surface area (Å²) in [6.07, 6.45) is -1.71. The molecule has 0 aromatic heterocycles. The van der Waals surface area contributed by atoms with E-state index in [2.05, 4.69) is 9.99 Å². The molecule has 0 saturated heterocycles. The van der Waals surface area contributed by atoms with Crippen molar-refractivity contribution in [1.29, 1.82) is 0 Å². The molecule has 0 amide bonds. The lowest BCUT2D eigenvalue weighted by molar-refractivity contribution is -0.173. The van der Waals surface area contributed by atoms with Crippen molar-refractivity contribution < 1.29 is 18.0 Å². The lowest BCUT2D eigenvalue weighted by Gasteiger charge is -2.13. The number of hydrogen-bond donors (Lipinski definition) is 0. The first-order valence-corrected chi connectivity index (χ1v) is 3.32. The fraction of sp³-hybridized carbons (Fsp3) is 0.833. The molecule has 0 heterocycles. The number of alkyl halides is 3. The fourth-order valence-corrected chi connectivity index (χ4v) is 0.623. The minimum Gasteiger partial charge on any atom is -0.386 e. The van der Waals surface area contributed by atoms with Crippen LogP contribution >= 0.6 is 0 Å². The first-order chi connectivity index (χ1) is 5.08. The van der Waals surface area contributed by atoms with E-state index >= 15 is 0 Å². The summed E-state index contributed by atoms with van der Waals surface area (Å²) >= 11 is 0. The third kappa shape index (κ3) is 3.25. The van der Waals surface area contributed by atoms with Crippen LogP contribution in [-0.2, 0) is 4.84 Å². The van der Waals surface area contributed by atoms with Crippen LogP contribution in [0.2, 0.25) is 0 Å². The van der Waals surface area contributed by atoms with E-state index in [1.165, 1.54) is 0 Å². The van der Waals surface area contributed by atoms with Crippen molar-refractivity contribution in [3.05, 3.63) is 0 Å². The highest BCUT2D eigenvalue weighted by Crippen LogP contribution is 2.17. The minimum absolute atomic E-state index is 0.731. The normalized spacial score (nSPS) is 17.5. The van der Waals surface area contributed by atoms with Gasteiger partial charge in [0, 0.05) is 0 Å². The highest BCUT2D eigenvalue weighted by molar-refractivity contribution is 5.88. The van der Waals surface area contributed by atoms with Crippen molar-refractivity contribution in [3.8, 4) is 0 Å². The van der Waals surface area contributed by atoms with Crippen LogP contribution in [0.15, 0.2) is 5.16 Å². The fourth-order valence-electron chi connectivity index (χ4n) is 0.623. The van der Waals surface area contributed by atoms with Crippen LogP contribution in [0.5, 0.6) is 0 Å². The summed E-state index contributed by atoms with van der Waals surface area (Å²) in [7, 11) is 0. The first-order valence-electron chi connectivity index (χ1n) is 3.32. The molecule has 0 atom stereocenters. The molecular formula is C6H8F3NO. The molecule has 0 aromatic rings. The van der Waals surface area contributed by atoms with Gasteiger partial charge in [0.15, 0.2) is 0 Å². The van der Waals surface area contributed by atoms with Crippen molar-refractivity contribution in [1.82, 2.24) is 0 Å². The topological polar surface area (TPSA) is 21.6 Å². The third-order valence-corrected chi connectivity index (χ3v) is 1.35. The highest BCUT2D eigenvalue weighted by Gasteiger charge is 2.28. The van der Waals surface area contributed by atoms with E-state index in [1.54, 1.807) is 0 Å². The molecule has 0 spiro atoms. The Morgan fingerprint density at radius 1 is 1.36 bits per heavy atom. The Balaban J connectivity index is 2.12. The lowest BCUT2D eigenvalue weighted by atomic mass is 9.98. The van der Waals surface area contributed by atoms with E-state index in [9.17, 15) is 13.2 Å². The summed E-state index contributed by atoms with van der Waals surface area (Å²) in [5.41, 5.74) is 0.731. The van der Waals surface area contributed by atoms with Gasteiger partial charge in [-0.15, -0.1) is 0 Å². The molecule has 0 bridgehead atoms. The number of rotatable bonds is 2. The second kappa shape index (κ2) is 3.11. The van der Waals surface area contributed by atoms with Crippen LogP contribution in [-0.4, -0.2) is 18.5 Å². The zero-order chi connectivity index (χ0) is 8.32. The Kier molecular flexibility index (Phi) is 2.36. The summed E-state index contributed by atoms with van der Waals surface area (Å²) in [6.45, 7) is -1.28. The molecule has 0 aliphatic heterocycles. The average Bonchev–Trinajstić information content (AvgIpc) is 1.73. The molecular weight excluding hydrogens is 159 g/mol. The van der Waals surface area contributed by atoms with Crippen LogP contribution in [0.25, 0.3) is 0 Å². The smallest absolute Gasteiger partial charge is 0.386 e. The van der Waals surface area contributed by atoms with Gasteiger partial charge in [-0.2, -0.15) is 13.2 Å².